The van der Waals surface area contributed by atoms with Gasteiger partial charge < -0.3 is 24.6 Å². The first-order chi connectivity index (χ1) is 13.2. The third-order valence-corrected chi connectivity index (χ3v) is 4.41. The number of alkyl carbamates (subject to hydrolysis) is 1. The van der Waals surface area contributed by atoms with Crippen LogP contribution >= 0.6 is 0 Å². The molecule has 0 radical (unpaired) electrons. The van der Waals surface area contributed by atoms with Crippen LogP contribution in [0.1, 0.15) is 66.7 Å². The third kappa shape index (κ3) is 8.80. The predicted molar refractivity (Wildman–Crippen MR) is 107 cm³/mol. The van der Waals surface area contributed by atoms with E-state index in [1.54, 1.807) is 30.6 Å². The quantitative estimate of drug-likeness (QED) is 0.634. The molecule has 1 aliphatic rings. The van der Waals surface area contributed by atoms with Crippen molar-refractivity contribution in [2.75, 3.05) is 32.8 Å². The van der Waals surface area contributed by atoms with Gasteiger partial charge in [-0.3, -0.25) is 4.79 Å². The van der Waals surface area contributed by atoms with Crippen LogP contribution in [0.4, 0.5) is 9.59 Å². The number of hydrogen-bond donors (Lipinski definition) is 1. The van der Waals surface area contributed by atoms with Crippen LogP contribution < -0.4 is 5.32 Å². The van der Waals surface area contributed by atoms with Crippen LogP contribution in [0.5, 0.6) is 0 Å². The lowest BCUT2D eigenvalue weighted by molar-refractivity contribution is -0.135. The summed E-state index contributed by atoms with van der Waals surface area (Å²) >= 11 is 0. The second-order valence-corrected chi connectivity index (χ2v) is 8.12. The van der Waals surface area contributed by atoms with E-state index in [9.17, 15) is 14.4 Å². The van der Waals surface area contributed by atoms with E-state index in [4.69, 9.17) is 9.47 Å². The van der Waals surface area contributed by atoms with Crippen molar-refractivity contribution in [3.8, 4) is 0 Å². The normalized spacial score (nSPS) is 15.8. The average Bonchev–Trinajstić information content (AvgIpc) is 2.63. The van der Waals surface area contributed by atoms with Gasteiger partial charge >= 0.3 is 12.2 Å². The van der Waals surface area contributed by atoms with E-state index < -0.39 is 17.7 Å². The van der Waals surface area contributed by atoms with Crippen LogP contribution in [0.15, 0.2) is 0 Å². The maximum Gasteiger partial charge on any atom is 0.409 e. The van der Waals surface area contributed by atoms with E-state index in [1.165, 1.54) is 0 Å². The first-order valence-corrected chi connectivity index (χ1v) is 10.4. The number of amides is 3. The molecule has 1 saturated heterocycles. The molecule has 28 heavy (non-hydrogen) atoms. The Balaban J connectivity index is 2.57. The molecule has 0 aromatic rings. The fourth-order valence-electron chi connectivity index (χ4n) is 2.84. The molecular weight excluding hydrogens is 362 g/mol. The average molecular weight is 400 g/mol. The van der Waals surface area contributed by atoms with E-state index >= 15 is 0 Å². The Morgan fingerprint density at radius 2 is 1.54 bits per heavy atom. The number of carbonyl (C=O) groups is 3. The SMILES string of the molecule is CCCCOC(=O)N1CCN(C(=O)C(CCCC)NC(=O)OC(C)(C)C)CC1. The van der Waals surface area contributed by atoms with Gasteiger partial charge in [0.05, 0.1) is 6.61 Å². The van der Waals surface area contributed by atoms with Crippen molar-refractivity contribution in [2.24, 2.45) is 0 Å². The second kappa shape index (κ2) is 11.8. The summed E-state index contributed by atoms with van der Waals surface area (Å²) < 4.78 is 10.5. The molecule has 0 aliphatic carbocycles. The number of hydrogen-bond acceptors (Lipinski definition) is 5. The standard InChI is InChI=1S/C20H37N3O5/c1-6-8-10-16(21-18(25)28-20(3,4)5)17(24)22-11-13-23(14-12-22)19(26)27-15-9-7-2/h16H,6-15H2,1-5H3,(H,21,25). The monoisotopic (exact) mass is 399 g/mol. The van der Waals surface area contributed by atoms with Crippen molar-refractivity contribution in [1.82, 2.24) is 15.1 Å². The summed E-state index contributed by atoms with van der Waals surface area (Å²) in [5.41, 5.74) is -0.619. The summed E-state index contributed by atoms with van der Waals surface area (Å²) in [6, 6.07) is -0.613. The van der Waals surface area contributed by atoms with E-state index in [0.717, 1.165) is 25.7 Å². The summed E-state index contributed by atoms with van der Waals surface area (Å²) in [6.07, 6.45) is 3.23. The van der Waals surface area contributed by atoms with Gasteiger partial charge in [0.25, 0.3) is 0 Å². The Labute approximate surface area is 168 Å². The first kappa shape index (κ1) is 24.0. The molecule has 3 amide bonds. The molecule has 0 bridgehead atoms. The lowest BCUT2D eigenvalue weighted by Gasteiger charge is -2.36. The summed E-state index contributed by atoms with van der Waals surface area (Å²) in [5, 5.41) is 2.72. The van der Waals surface area contributed by atoms with Crippen molar-refractivity contribution in [3.05, 3.63) is 0 Å². The Kier molecular flexibility index (Phi) is 10.1. The molecule has 0 saturated carbocycles. The Morgan fingerprint density at radius 1 is 0.964 bits per heavy atom. The van der Waals surface area contributed by atoms with Crippen LogP contribution in [0.2, 0.25) is 0 Å². The summed E-state index contributed by atoms with van der Waals surface area (Å²) in [5.74, 6) is -0.127. The molecule has 0 spiro atoms. The Hall–Kier alpha value is -1.99. The molecular formula is C20H37N3O5. The molecule has 8 nitrogen and oxygen atoms in total. The minimum atomic E-state index is -0.619. The third-order valence-electron chi connectivity index (χ3n) is 4.41. The molecule has 0 aromatic carbocycles. The number of unbranched alkanes of at least 4 members (excludes halogenated alkanes) is 2. The fraction of sp³-hybridized carbons (Fsp3) is 0.850. The topological polar surface area (TPSA) is 88.2 Å². The van der Waals surface area contributed by atoms with Crippen molar-refractivity contribution in [1.29, 1.82) is 0 Å². The van der Waals surface area contributed by atoms with Gasteiger partial charge in [-0.2, -0.15) is 0 Å². The highest BCUT2D eigenvalue weighted by Crippen LogP contribution is 2.12. The molecule has 1 N–H and O–H groups in total. The molecule has 162 valence electrons. The van der Waals surface area contributed by atoms with Crippen molar-refractivity contribution >= 4 is 18.1 Å². The van der Waals surface area contributed by atoms with Gasteiger partial charge in [-0.05, 0) is 33.6 Å². The van der Waals surface area contributed by atoms with Gasteiger partial charge in [0.1, 0.15) is 11.6 Å². The maximum atomic E-state index is 12.9. The van der Waals surface area contributed by atoms with Gasteiger partial charge in [0, 0.05) is 26.2 Å². The number of rotatable bonds is 8. The fourth-order valence-corrected chi connectivity index (χ4v) is 2.84. The predicted octanol–water partition coefficient (Wildman–Crippen LogP) is 3.15. The summed E-state index contributed by atoms with van der Waals surface area (Å²) in [6.45, 7) is 11.6. The van der Waals surface area contributed by atoms with Crippen LogP contribution in [0.25, 0.3) is 0 Å². The van der Waals surface area contributed by atoms with E-state index in [1.807, 2.05) is 13.8 Å². The highest BCUT2D eigenvalue weighted by atomic mass is 16.6. The van der Waals surface area contributed by atoms with Crippen LogP contribution in [-0.4, -0.2) is 72.3 Å². The minimum absolute atomic E-state index is 0.127. The highest BCUT2D eigenvalue weighted by molar-refractivity contribution is 5.86. The van der Waals surface area contributed by atoms with Crippen LogP contribution in [0, 0.1) is 0 Å². The maximum absolute atomic E-state index is 12.9. The van der Waals surface area contributed by atoms with Gasteiger partial charge in [-0.1, -0.05) is 33.1 Å². The van der Waals surface area contributed by atoms with Crippen molar-refractivity contribution in [3.63, 3.8) is 0 Å². The highest BCUT2D eigenvalue weighted by Gasteiger charge is 2.31. The number of nitrogens with one attached hydrogen (secondary N) is 1. The van der Waals surface area contributed by atoms with Gasteiger partial charge in [-0.25, -0.2) is 9.59 Å². The number of nitrogens with zero attached hydrogens (tertiary/aromatic N) is 2. The molecule has 1 unspecified atom stereocenters. The van der Waals surface area contributed by atoms with E-state index in [-0.39, 0.29) is 12.0 Å². The molecule has 8 heteroatoms. The van der Waals surface area contributed by atoms with Crippen molar-refractivity contribution in [2.45, 2.75) is 78.4 Å². The zero-order valence-corrected chi connectivity index (χ0v) is 18.1. The lowest BCUT2D eigenvalue weighted by atomic mass is 10.1. The molecule has 1 fully saturated rings. The number of piperazine rings is 1. The van der Waals surface area contributed by atoms with Crippen LogP contribution in [-0.2, 0) is 14.3 Å². The van der Waals surface area contributed by atoms with Gasteiger partial charge in [0.15, 0.2) is 0 Å². The smallest absolute Gasteiger partial charge is 0.409 e. The number of carbonyl (C=O) groups excluding carboxylic acids is 3. The van der Waals surface area contributed by atoms with Crippen LogP contribution in [0.3, 0.4) is 0 Å². The largest absolute Gasteiger partial charge is 0.449 e. The molecule has 1 atom stereocenters. The number of ether oxygens (including phenoxy) is 2. The minimum Gasteiger partial charge on any atom is -0.449 e. The van der Waals surface area contributed by atoms with E-state index in [0.29, 0.717) is 39.2 Å². The van der Waals surface area contributed by atoms with Gasteiger partial charge in [-0.15, -0.1) is 0 Å². The molecule has 0 aromatic heterocycles. The van der Waals surface area contributed by atoms with E-state index in [2.05, 4.69) is 5.32 Å². The van der Waals surface area contributed by atoms with Crippen molar-refractivity contribution < 1.29 is 23.9 Å². The first-order valence-electron chi connectivity index (χ1n) is 10.4. The summed E-state index contributed by atoms with van der Waals surface area (Å²) in [7, 11) is 0. The summed E-state index contributed by atoms with van der Waals surface area (Å²) in [4.78, 5) is 40.4. The van der Waals surface area contributed by atoms with Gasteiger partial charge in [0.2, 0.25) is 5.91 Å². The molecule has 1 heterocycles. The molecule has 1 rings (SSSR count). The Bertz CT molecular complexity index is 510. The lowest BCUT2D eigenvalue weighted by Crippen LogP contribution is -2.56. The Morgan fingerprint density at radius 3 is 2.07 bits per heavy atom. The zero-order chi connectivity index (χ0) is 21.2. The zero-order valence-electron chi connectivity index (χ0n) is 18.1. The second-order valence-electron chi connectivity index (χ2n) is 8.12. The molecule has 1 aliphatic heterocycles.